The molecule has 1 aliphatic heterocycles. The first-order valence-corrected chi connectivity index (χ1v) is 8.49. The Morgan fingerprint density at radius 1 is 1.25 bits per heavy atom. The minimum atomic E-state index is -1.37. The number of hydrogen-bond donors (Lipinski definition) is 2. The van der Waals surface area contributed by atoms with Crippen LogP contribution >= 0.6 is 0 Å². The van der Waals surface area contributed by atoms with Gasteiger partial charge in [-0.25, -0.2) is 9.18 Å². The molecule has 3 rings (SSSR count). The van der Waals surface area contributed by atoms with E-state index in [0.717, 1.165) is 10.5 Å². The average Bonchev–Trinajstić information content (AvgIpc) is 2.91. The van der Waals surface area contributed by atoms with E-state index in [1.54, 1.807) is 24.3 Å². The van der Waals surface area contributed by atoms with Crippen molar-refractivity contribution in [2.45, 2.75) is 19.0 Å². The van der Waals surface area contributed by atoms with E-state index in [1.807, 2.05) is 6.07 Å². The summed E-state index contributed by atoms with van der Waals surface area (Å²) in [5, 5.41) is 14.1. The van der Waals surface area contributed by atoms with Gasteiger partial charge < -0.3 is 10.6 Å². The van der Waals surface area contributed by atoms with E-state index in [2.05, 4.69) is 10.6 Å². The number of amides is 4. The predicted molar refractivity (Wildman–Crippen MR) is 97.0 cm³/mol. The highest BCUT2D eigenvalue weighted by Crippen LogP contribution is 2.28. The summed E-state index contributed by atoms with van der Waals surface area (Å²) in [6, 6.07) is 13.3. The van der Waals surface area contributed by atoms with Crippen molar-refractivity contribution in [2.75, 3.05) is 6.54 Å². The molecule has 8 heteroatoms. The molecule has 142 valence electrons. The zero-order valence-corrected chi connectivity index (χ0v) is 15.0. The number of rotatable bonds is 5. The number of carbonyl (C=O) groups excluding carboxylic acids is 3. The normalized spacial score (nSPS) is 18.5. The molecule has 0 saturated carbocycles. The number of hydrogen-bond acceptors (Lipinski definition) is 4. The molecule has 2 aromatic rings. The highest BCUT2D eigenvalue weighted by molar-refractivity contribution is 6.09. The lowest BCUT2D eigenvalue weighted by Crippen LogP contribution is -2.43. The van der Waals surface area contributed by atoms with Crippen molar-refractivity contribution in [3.8, 4) is 6.07 Å². The standard InChI is InChI=1S/C20H17FN4O3/c1-20(15-5-7-16(21)8-6-15)18(27)25(19(28)24-20)12-17(26)23-11-14-4-2-3-13(9-14)10-22/h2-9H,11-12H2,1H3,(H,23,26)(H,24,28). The summed E-state index contributed by atoms with van der Waals surface area (Å²) in [5.74, 6) is -1.57. The SMILES string of the molecule is CC1(c2ccc(F)cc2)NC(=O)N(CC(=O)NCc2cccc(C#N)c2)C1=O. The smallest absolute Gasteiger partial charge is 0.325 e. The van der Waals surface area contributed by atoms with Gasteiger partial charge in [0, 0.05) is 6.54 Å². The van der Waals surface area contributed by atoms with Crippen LogP contribution in [0.25, 0.3) is 0 Å². The van der Waals surface area contributed by atoms with Crippen LogP contribution in [0.4, 0.5) is 9.18 Å². The molecule has 1 heterocycles. The van der Waals surface area contributed by atoms with Gasteiger partial charge in [-0.15, -0.1) is 0 Å². The second-order valence-corrected chi connectivity index (χ2v) is 6.54. The molecule has 0 aliphatic carbocycles. The third-order valence-corrected chi connectivity index (χ3v) is 4.54. The summed E-state index contributed by atoms with van der Waals surface area (Å²) in [4.78, 5) is 38.0. The molecule has 0 spiro atoms. The lowest BCUT2D eigenvalue weighted by Gasteiger charge is -2.22. The van der Waals surface area contributed by atoms with Crippen LogP contribution in [0.1, 0.15) is 23.6 Å². The number of benzene rings is 2. The predicted octanol–water partition coefficient (Wildman–Crippen LogP) is 1.78. The van der Waals surface area contributed by atoms with Crippen LogP contribution in [0.5, 0.6) is 0 Å². The van der Waals surface area contributed by atoms with Crippen molar-refractivity contribution in [1.29, 1.82) is 5.26 Å². The fourth-order valence-electron chi connectivity index (χ4n) is 2.97. The molecule has 28 heavy (non-hydrogen) atoms. The monoisotopic (exact) mass is 380 g/mol. The fraction of sp³-hybridized carbons (Fsp3) is 0.200. The maximum absolute atomic E-state index is 13.1. The number of carbonyl (C=O) groups is 3. The summed E-state index contributed by atoms with van der Waals surface area (Å²) >= 11 is 0. The number of nitrogens with zero attached hydrogens (tertiary/aromatic N) is 2. The Bertz CT molecular complexity index is 984. The third-order valence-electron chi connectivity index (χ3n) is 4.54. The molecule has 7 nitrogen and oxygen atoms in total. The Hall–Kier alpha value is -3.73. The first-order valence-electron chi connectivity index (χ1n) is 8.49. The van der Waals surface area contributed by atoms with Crippen LogP contribution in [0.2, 0.25) is 0 Å². The molecule has 1 atom stereocenters. The Kier molecular flexibility index (Phi) is 5.09. The number of nitrogens with one attached hydrogen (secondary N) is 2. The van der Waals surface area contributed by atoms with Crippen LogP contribution in [-0.2, 0) is 21.7 Å². The fourth-order valence-corrected chi connectivity index (χ4v) is 2.97. The van der Waals surface area contributed by atoms with Crippen molar-refractivity contribution < 1.29 is 18.8 Å². The first-order chi connectivity index (χ1) is 13.3. The van der Waals surface area contributed by atoms with Crippen molar-refractivity contribution in [3.63, 3.8) is 0 Å². The van der Waals surface area contributed by atoms with Crippen LogP contribution < -0.4 is 10.6 Å². The third kappa shape index (κ3) is 3.69. The van der Waals surface area contributed by atoms with Crippen LogP contribution in [0, 0.1) is 17.1 Å². The van der Waals surface area contributed by atoms with Crippen molar-refractivity contribution in [3.05, 3.63) is 71.0 Å². The van der Waals surface area contributed by atoms with Crippen LogP contribution in [-0.4, -0.2) is 29.3 Å². The van der Waals surface area contributed by atoms with Crippen LogP contribution in [0.3, 0.4) is 0 Å². The lowest BCUT2D eigenvalue weighted by atomic mass is 9.92. The maximum atomic E-state index is 13.1. The summed E-state index contributed by atoms with van der Waals surface area (Å²) in [7, 11) is 0. The summed E-state index contributed by atoms with van der Waals surface area (Å²) in [5.41, 5.74) is 0.242. The topological polar surface area (TPSA) is 102 Å². The Balaban J connectivity index is 1.66. The molecular weight excluding hydrogens is 363 g/mol. The highest BCUT2D eigenvalue weighted by Gasteiger charge is 2.49. The van der Waals surface area contributed by atoms with Gasteiger partial charge in [-0.2, -0.15) is 5.26 Å². The zero-order valence-electron chi connectivity index (χ0n) is 15.0. The van der Waals surface area contributed by atoms with Gasteiger partial charge in [-0.3, -0.25) is 14.5 Å². The van der Waals surface area contributed by atoms with E-state index in [0.29, 0.717) is 11.1 Å². The Labute approximate surface area is 160 Å². The van der Waals surface area contributed by atoms with Gasteiger partial charge in [-0.1, -0.05) is 24.3 Å². The summed E-state index contributed by atoms with van der Waals surface area (Å²) in [6.07, 6.45) is 0. The van der Waals surface area contributed by atoms with Gasteiger partial charge in [0.2, 0.25) is 5.91 Å². The molecule has 0 radical (unpaired) electrons. The minimum Gasteiger partial charge on any atom is -0.350 e. The summed E-state index contributed by atoms with van der Waals surface area (Å²) < 4.78 is 13.1. The van der Waals surface area contributed by atoms with Gasteiger partial charge in [0.1, 0.15) is 17.9 Å². The number of nitriles is 1. The van der Waals surface area contributed by atoms with Gasteiger partial charge in [0.15, 0.2) is 0 Å². The highest BCUT2D eigenvalue weighted by atomic mass is 19.1. The lowest BCUT2D eigenvalue weighted by molar-refractivity contribution is -0.134. The molecule has 2 N–H and O–H groups in total. The van der Waals surface area contributed by atoms with Crippen molar-refractivity contribution in [2.24, 2.45) is 0 Å². The van der Waals surface area contributed by atoms with E-state index < -0.39 is 35.7 Å². The zero-order chi connectivity index (χ0) is 20.3. The van der Waals surface area contributed by atoms with Crippen molar-refractivity contribution >= 4 is 17.8 Å². The van der Waals surface area contributed by atoms with Gasteiger partial charge in [0.25, 0.3) is 5.91 Å². The summed E-state index contributed by atoms with van der Waals surface area (Å²) in [6.45, 7) is 1.22. The van der Waals surface area contributed by atoms with Gasteiger partial charge in [0.05, 0.1) is 11.6 Å². The van der Waals surface area contributed by atoms with E-state index in [-0.39, 0.29) is 6.54 Å². The molecule has 0 bridgehead atoms. The Morgan fingerprint density at radius 2 is 1.96 bits per heavy atom. The van der Waals surface area contributed by atoms with E-state index in [4.69, 9.17) is 5.26 Å². The van der Waals surface area contributed by atoms with Gasteiger partial charge >= 0.3 is 6.03 Å². The van der Waals surface area contributed by atoms with E-state index in [1.165, 1.54) is 31.2 Å². The number of halogens is 1. The van der Waals surface area contributed by atoms with E-state index in [9.17, 15) is 18.8 Å². The van der Waals surface area contributed by atoms with Crippen molar-refractivity contribution in [1.82, 2.24) is 15.5 Å². The van der Waals surface area contributed by atoms with Crippen LogP contribution in [0.15, 0.2) is 48.5 Å². The van der Waals surface area contributed by atoms with E-state index >= 15 is 0 Å². The minimum absolute atomic E-state index is 0.160. The largest absolute Gasteiger partial charge is 0.350 e. The number of imide groups is 1. The molecule has 4 amide bonds. The first kappa shape index (κ1) is 19.0. The van der Waals surface area contributed by atoms with Gasteiger partial charge in [-0.05, 0) is 42.3 Å². The average molecular weight is 380 g/mol. The number of urea groups is 1. The molecule has 0 aromatic heterocycles. The molecule has 1 aliphatic rings. The molecule has 1 unspecified atom stereocenters. The molecule has 2 aromatic carbocycles. The molecule has 1 fully saturated rings. The second-order valence-electron chi connectivity index (χ2n) is 6.54. The maximum Gasteiger partial charge on any atom is 0.325 e. The molecule has 1 saturated heterocycles. The second kappa shape index (κ2) is 7.48. The Morgan fingerprint density at radius 3 is 2.64 bits per heavy atom. The molecular formula is C20H17FN4O3. The quantitative estimate of drug-likeness (QED) is 0.772.